The van der Waals surface area contributed by atoms with Crippen molar-refractivity contribution in [3.63, 3.8) is 0 Å². The molecule has 2 N–H and O–H groups in total. The number of aryl methyl sites for hydroxylation is 2. The van der Waals surface area contributed by atoms with Gasteiger partial charge in [0.15, 0.2) is 0 Å². The first-order valence-corrected chi connectivity index (χ1v) is 8.47. The highest BCUT2D eigenvalue weighted by Crippen LogP contribution is 2.17. The van der Waals surface area contributed by atoms with Crippen molar-refractivity contribution in [2.75, 3.05) is 5.32 Å². The number of hydrogen-bond donors (Lipinski definition) is 2. The molecule has 0 aliphatic carbocycles. The van der Waals surface area contributed by atoms with Gasteiger partial charge in [-0.15, -0.1) is 0 Å². The fraction of sp³-hybridized carbons (Fsp3) is 0.368. The second-order valence-electron chi connectivity index (χ2n) is 5.85. The van der Waals surface area contributed by atoms with E-state index in [1.54, 1.807) is 13.1 Å². The van der Waals surface area contributed by atoms with Gasteiger partial charge in [0.25, 0.3) is 5.91 Å². The number of carbonyl (C=O) groups is 2. The van der Waals surface area contributed by atoms with Gasteiger partial charge < -0.3 is 10.6 Å². The molecule has 0 fully saturated rings. The SMILES string of the molecule is CCC(=O)Nc1ccc(C(C)NC(=O)c2cnc(C)nc2CC)cc1. The highest BCUT2D eigenvalue weighted by Gasteiger charge is 2.16. The molecular formula is C19H24N4O2. The molecule has 1 heterocycles. The lowest BCUT2D eigenvalue weighted by Crippen LogP contribution is -2.28. The van der Waals surface area contributed by atoms with Crippen molar-refractivity contribution in [3.05, 3.63) is 53.1 Å². The van der Waals surface area contributed by atoms with Crippen molar-refractivity contribution in [1.82, 2.24) is 15.3 Å². The molecule has 2 amide bonds. The molecule has 0 bridgehead atoms. The Kier molecular flexibility index (Phi) is 6.22. The number of hydrogen-bond acceptors (Lipinski definition) is 4. The molecule has 1 aromatic heterocycles. The summed E-state index contributed by atoms with van der Waals surface area (Å²) >= 11 is 0. The molecule has 2 aromatic rings. The monoisotopic (exact) mass is 340 g/mol. The molecule has 0 aliphatic heterocycles. The second kappa shape index (κ2) is 8.37. The van der Waals surface area contributed by atoms with Gasteiger partial charge in [-0.05, 0) is 38.0 Å². The predicted molar refractivity (Wildman–Crippen MR) is 97.4 cm³/mol. The average Bonchev–Trinajstić information content (AvgIpc) is 2.61. The van der Waals surface area contributed by atoms with Gasteiger partial charge in [-0.1, -0.05) is 26.0 Å². The Hall–Kier alpha value is -2.76. The van der Waals surface area contributed by atoms with Gasteiger partial charge in [0.05, 0.1) is 17.3 Å². The maximum Gasteiger partial charge on any atom is 0.255 e. The lowest BCUT2D eigenvalue weighted by atomic mass is 10.1. The fourth-order valence-electron chi connectivity index (χ4n) is 2.44. The van der Waals surface area contributed by atoms with Crippen LogP contribution < -0.4 is 10.6 Å². The van der Waals surface area contributed by atoms with E-state index in [1.807, 2.05) is 45.0 Å². The molecule has 0 saturated carbocycles. The highest BCUT2D eigenvalue weighted by atomic mass is 16.2. The lowest BCUT2D eigenvalue weighted by molar-refractivity contribution is -0.115. The van der Waals surface area contributed by atoms with Crippen LogP contribution in [0, 0.1) is 6.92 Å². The van der Waals surface area contributed by atoms with Gasteiger partial charge in [0.2, 0.25) is 5.91 Å². The van der Waals surface area contributed by atoms with Gasteiger partial charge in [-0.2, -0.15) is 0 Å². The summed E-state index contributed by atoms with van der Waals surface area (Å²) in [5.74, 6) is 0.444. The summed E-state index contributed by atoms with van der Waals surface area (Å²) in [6, 6.07) is 7.27. The molecule has 1 aromatic carbocycles. The maximum absolute atomic E-state index is 12.5. The topological polar surface area (TPSA) is 84.0 Å². The van der Waals surface area contributed by atoms with Crippen LogP contribution in [0.15, 0.2) is 30.5 Å². The van der Waals surface area contributed by atoms with Crippen LogP contribution >= 0.6 is 0 Å². The van der Waals surface area contributed by atoms with Crippen LogP contribution in [0.4, 0.5) is 5.69 Å². The van der Waals surface area contributed by atoms with E-state index in [0.717, 1.165) is 16.9 Å². The van der Waals surface area contributed by atoms with Crippen LogP contribution in [0.3, 0.4) is 0 Å². The highest BCUT2D eigenvalue weighted by molar-refractivity contribution is 5.95. The Morgan fingerprint density at radius 1 is 1.16 bits per heavy atom. The van der Waals surface area contributed by atoms with Crippen molar-refractivity contribution < 1.29 is 9.59 Å². The van der Waals surface area contributed by atoms with Crippen molar-refractivity contribution in [2.24, 2.45) is 0 Å². The Balaban J connectivity index is 2.07. The summed E-state index contributed by atoms with van der Waals surface area (Å²) in [5, 5.41) is 5.77. The number of aromatic nitrogens is 2. The summed E-state index contributed by atoms with van der Waals surface area (Å²) in [4.78, 5) is 32.4. The first kappa shape index (κ1) is 18.6. The van der Waals surface area contributed by atoms with Crippen molar-refractivity contribution in [2.45, 2.75) is 46.6 Å². The molecule has 132 valence electrons. The molecule has 1 unspecified atom stereocenters. The molecule has 6 nitrogen and oxygen atoms in total. The molecule has 1 atom stereocenters. The maximum atomic E-state index is 12.5. The molecule has 0 radical (unpaired) electrons. The second-order valence-corrected chi connectivity index (χ2v) is 5.85. The van der Waals surface area contributed by atoms with Crippen molar-refractivity contribution in [3.8, 4) is 0 Å². The van der Waals surface area contributed by atoms with Crippen LogP contribution in [0.1, 0.15) is 60.7 Å². The number of benzene rings is 1. The molecule has 0 spiro atoms. The van der Waals surface area contributed by atoms with E-state index in [4.69, 9.17) is 0 Å². The molecular weight excluding hydrogens is 316 g/mol. The van der Waals surface area contributed by atoms with Gasteiger partial charge in [0.1, 0.15) is 5.82 Å². The van der Waals surface area contributed by atoms with Crippen LogP contribution in [0.5, 0.6) is 0 Å². The minimum atomic E-state index is -0.187. The van der Waals surface area contributed by atoms with Crippen LogP contribution in [0.25, 0.3) is 0 Å². The van der Waals surface area contributed by atoms with Gasteiger partial charge in [-0.3, -0.25) is 9.59 Å². The van der Waals surface area contributed by atoms with E-state index in [1.165, 1.54) is 0 Å². The predicted octanol–water partition coefficient (Wildman–Crippen LogP) is 3.19. The molecule has 2 rings (SSSR count). The minimum absolute atomic E-state index is 0.0273. The summed E-state index contributed by atoms with van der Waals surface area (Å²) in [6.45, 7) is 7.49. The third-order valence-electron chi connectivity index (χ3n) is 3.93. The number of nitrogens with one attached hydrogen (secondary N) is 2. The summed E-state index contributed by atoms with van der Waals surface area (Å²) in [7, 11) is 0. The Morgan fingerprint density at radius 3 is 2.44 bits per heavy atom. The van der Waals surface area contributed by atoms with Gasteiger partial charge in [0, 0.05) is 18.3 Å². The Labute approximate surface area is 148 Å². The quantitative estimate of drug-likeness (QED) is 0.846. The zero-order chi connectivity index (χ0) is 18.4. The van der Waals surface area contributed by atoms with Crippen molar-refractivity contribution in [1.29, 1.82) is 0 Å². The van der Waals surface area contributed by atoms with E-state index in [0.29, 0.717) is 24.2 Å². The standard InChI is InChI=1S/C19H24N4O2/c1-5-17-16(11-20-13(4)22-17)19(25)21-12(3)14-7-9-15(10-8-14)23-18(24)6-2/h7-12H,5-6H2,1-4H3,(H,21,25)(H,23,24). The van der Waals surface area contributed by atoms with E-state index >= 15 is 0 Å². The van der Waals surface area contributed by atoms with Crippen LogP contribution in [0.2, 0.25) is 0 Å². The zero-order valence-corrected chi connectivity index (χ0v) is 15.1. The van der Waals surface area contributed by atoms with Crippen LogP contribution in [-0.4, -0.2) is 21.8 Å². The largest absolute Gasteiger partial charge is 0.345 e. The molecule has 0 saturated heterocycles. The van der Waals surface area contributed by atoms with Gasteiger partial charge in [-0.25, -0.2) is 9.97 Å². The first-order valence-electron chi connectivity index (χ1n) is 8.47. The van der Waals surface area contributed by atoms with E-state index in [2.05, 4.69) is 20.6 Å². The first-order chi connectivity index (χ1) is 11.9. The number of rotatable bonds is 6. The molecule has 0 aliphatic rings. The summed E-state index contributed by atoms with van der Waals surface area (Å²) in [6.07, 6.45) is 2.69. The van der Waals surface area contributed by atoms with E-state index in [9.17, 15) is 9.59 Å². The Bertz CT molecular complexity index is 757. The summed E-state index contributed by atoms with van der Waals surface area (Å²) < 4.78 is 0. The molecule has 25 heavy (non-hydrogen) atoms. The van der Waals surface area contributed by atoms with Crippen molar-refractivity contribution >= 4 is 17.5 Å². The Morgan fingerprint density at radius 2 is 1.84 bits per heavy atom. The number of carbonyl (C=O) groups excluding carboxylic acids is 2. The summed E-state index contributed by atoms with van der Waals surface area (Å²) in [5.41, 5.74) is 2.95. The smallest absolute Gasteiger partial charge is 0.255 e. The van der Waals surface area contributed by atoms with E-state index < -0.39 is 0 Å². The van der Waals surface area contributed by atoms with Gasteiger partial charge >= 0.3 is 0 Å². The normalized spacial score (nSPS) is 11.7. The number of anilines is 1. The molecule has 6 heteroatoms. The van der Waals surface area contributed by atoms with E-state index in [-0.39, 0.29) is 17.9 Å². The minimum Gasteiger partial charge on any atom is -0.345 e. The third kappa shape index (κ3) is 4.86. The van der Waals surface area contributed by atoms with Crippen LogP contribution in [-0.2, 0) is 11.2 Å². The lowest BCUT2D eigenvalue weighted by Gasteiger charge is -2.16. The number of amides is 2. The number of nitrogens with zero attached hydrogens (tertiary/aromatic N) is 2. The fourth-order valence-corrected chi connectivity index (χ4v) is 2.44. The third-order valence-corrected chi connectivity index (χ3v) is 3.93. The average molecular weight is 340 g/mol. The zero-order valence-electron chi connectivity index (χ0n) is 15.1.